The van der Waals surface area contributed by atoms with Crippen molar-refractivity contribution < 1.29 is 4.74 Å². The zero-order chi connectivity index (χ0) is 12.4. The maximum atomic E-state index is 5.85. The summed E-state index contributed by atoms with van der Waals surface area (Å²) in [5.41, 5.74) is 1.33. The Labute approximate surface area is 109 Å². The molecule has 0 spiro atoms. The van der Waals surface area contributed by atoms with Crippen molar-refractivity contribution in [3.05, 3.63) is 29.8 Å². The van der Waals surface area contributed by atoms with Crippen LogP contribution in [0, 0.1) is 5.92 Å². The summed E-state index contributed by atoms with van der Waals surface area (Å²) in [6.45, 7) is 7.47. The van der Waals surface area contributed by atoms with E-state index in [4.69, 9.17) is 4.74 Å². The highest BCUT2D eigenvalue weighted by atomic mass is 16.5. The Balaban J connectivity index is 1.78. The lowest BCUT2D eigenvalue weighted by Gasteiger charge is -2.30. The van der Waals surface area contributed by atoms with Crippen LogP contribution in [-0.4, -0.2) is 37.2 Å². The van der Waals surface area contributed by atoms with E-state index in [1.807, 2.05) is 0 Å². The highest BCUT2D eigenvalue weighted by molar-refractivity contribution is 5.33. The fraction of sp³-hybridized carbons (Fsp3) is 0.600. The summed E-state index contributed by atoms with van der Waals surface area (Å²) in [6.07, 6.45) is 1.26. The summed E-state index contributed by atoms with van der Waals surface area (Å²) >= 11 is 0. The molecule has 0 radical (unpaired) electrons. The van der Waals surface area contributed by atoms with Crippen LogP contribution in [0.3, 0.4) is 0 Å². The Hall–Kier alpha value is -1.06. The van der Waals surface area contributed by atoms with Crippen LogP contribution in [0.15, 0.2) is 24.3 Å². The summed E-state index contributed by atoms with van der Waals surface area (Å²) in [6, 6.07) is 9.11. The van der Waals surface area contributed by atoms with E-state index in [1.165, 1.54) is 18.5 Å². The van der Waals surface area contributed by atoms with Crippen LogP contribution in [0.4, 0.5) is 0 Å². The first-order valence-corrected chi connectivity index (χ1v) is 7.04. The maximum absolute atomic E-state index is 5.85. The van der Waals surface area contributed by atoms with Crippen molar-refractivity contribution in [2.45, 2.75) is 25.9 Å². The van der Waals surface area contributed by atoms with Crippen LogP contribution in [0.2, 0.25) is 0 Å². The maximum Gasteiger partial charge on any atom is 0.123 e. The summed E-state index contributed by atoms with van der Waals surface area (Å²) in [5.74, 6) is 1.86. The molecule has 1 saturated heterocycles. The first kappa shape index (κ1) is 12.0. The quantitative estimate of drug-likeness (QED) is 0.862. The third kappa shape index (κ3) is 2.25. The number of benzene rings is 1. The van der Waals surface area contributed by atoms with E-state index in [9.17, 15) is 0 Å². The third-order valence-electron chi connectivity index (χ3n) is 4.28. The molecule has 1 N–H and O–H groups in total. The molecule has 1 fully saturated rings. The summed E-state index contributed by atoms with van der Waals surface area (Å²) in [7, 11) is 0. The van der Waals surface area contributed by atoms with Crippen LogP contribution >= 0.6 is 0 Å². The first-order valence-electron chi connectivity index (χ1n) is 7.04. The van der Waals surface area contributed by atoms with Crippen LogP contribution < -0.4 is 10.1 Å². The average molecular weight is 246 g/mol. The molecule has 3 rings (SSSR count). The zero-order valence-corrected chi connectivity index (χ0v) is 11.1. The Kier molecular flexibility index (Phi) is 3.52. The van der Waals surface area contributed by atoms with Crippen LogP contribution in [-0.2, 0) is 6.54 Å². The number of para-hydroxylation sites is 1. The summed E-state index contributed by atoms with van der Waals surface area (Å²) in [5, 5.41) is 3.53. The first-order chi connectivity index (χ1) is 8.88. The lowest BCUT2D eigenvalue weighted by Crippen LogP contribution is -2.41. The predicted molar refractivity (Wildman–Crippen MR) is 72.8 cm³/mol. The highest BCUT2D eigenvalue weighted by Crippen LogP contribution is 2.27. The van der Waals surface area contributed by atoms with E-state index < -0.39 is 0 Å². The second-order valence-electron chi connectivity index (χ2n) is 5.32. The van der Waals surface area contributed by atoms with Gasteiger partial charge in [0.15, 0.2) is 0 Å². The molecule has 2 aliphatic heterocycles. The molecule has 0 amide bonds. The number of fused-ring (bicyclic) bond motifs is 1. The van der Waals surface area contributed by atoms with Gasteiger partial charge in [0.25, 0.3) is 0 Å². The van der Waals surface area contributed by atoms with Gasteiger partial charge in [-0.05, 0) is 18.5 Å². The molecule has 2 heterocycles. The molecule has 2 aliphatic rings. The number of nitrogens with zero attached hydrogens (tertiary/aromatic N) is 1. The highest BCUT2D eigenvalue weighted by Gasteiger charge is 2.31. The molecule has 3 nitrogen and oxygen atoms in total. The van der Waals surface area contributed by atoms with Crippen LogP contribution in [0.25, 0.3) is 0 Å². The second kappa shape index (κ2) is 5.29. The molecule has 2 atom stereocenters. The van der Waals surface area contributed by atoms with Crippen LogP contribution in [0.5, 0.6) is 5.75 Å². The number of ether oxygens (including phenoxy) is 1. The van der Waals surface area contributed by atoms with E-state index >= 15 is 0 Å². The van der Waals surface area contributed by atoms with E-state index in [2.05, 4.69) is 41.4 Å². The van der Waals surface area contributed by atoms with Crippen molar-refractivity contribution in [2.24, 2.45) is 5.92 Å². The topological polar surface area (TPSA) is 24.5 Å². The Morgan fingerprint density at radius 1 is 1.33 bits per heavy atom. The number of rotatable bonds is 2. The third-order valence-corrected chi connectivity index (χ3v) is 4.28. The molecule has 0 aromatic heterocycles. The Morgan fingerprint density at radius 2 is 2.22 bits per heavy atom. The number of hydrogen-bond acceptors (Lipinski definition) is 3. The molecule has 0 saturated carbocycles. The lowest BCUT2D eigenvalue weighted by atomic mass is 9.99. The van der Waals surface area contributed by atoms with Crippen molar-refractivity contribution in [1.29, 1.82) is 0 Å². The molecule has 0 bridgehead atoms. The molecule has 1 aromatic carbocycles. The van der Waals surface area contributed by atoms with E-state index in [0.717, 1.165) is 37.9 Å². The van der Waals surface area contributed by atoms with Gasteiger partial charge in [0.1, 0.15) is 12.4 Å². The van der Waals surface area contributed by atoms with Crippen molar-refractivity contribution in [1.82, 2.24) is 10.2 Å². The molecular weight excluding hydrogens is 224 g/mol. The minimum absolute atomic E-state index is 0.671. The van der Waals surface area contributed by atoms with Gasteiger partial charge < -0.3 is 10.1 Å². The monoisotopic (exact) mass is 246 g/mol. The van der Waals surface area contributed by atoms with Gasteiger partial charge in [-0.15, -0.1) is 0 Å². The van der Waals surface area contributed by atoms with E-state index in [0.29, 0.717) is 6.04 Å². The van der Waals surface area contributed by atoms with E-state index in [-0.39, 0.29) is 0 Å². The van der Waals surface area contributed by atoms with Gasteiger partial charge in [-0.2, -0.15) is 0 Å². The number of hydrogen-bond donors (Lipinski definition) is 1. The number of nitrogens with one attached hydrogen (secondary N) is 1. The van der Waals surface area contributed by atoms with Gasteiger partial charge in [-0.1, -0.05) is 31.5 Å². The molecule has 3 heteroatoms. The molecule has 1 aromatic rings. The standard InChI is InChI=1S/C15H22N2O/c1-2-12-9-16-10-14(12)17-7-8-18-15-6-4-3-5-13(15)11-17/h3-6,12,14,16H,2,7-11H2,1H3. The molecule has 98 valence electrons. The van der Waals surface area contributed by atoms with Gasteiger partial charge in [0.05, 0.1) is 0 Å². The molecular formula is C15H22N2O. The molecule has 2 unspecified atom stereocenters. The van der Waals surface area contributed by atoms with Gasteiger partial charge in [0, 0.05) is 31.2 Å². The fourth-order valence-electron chi connectivity index (χ4n) is 3.19. The second-order valence-corrected chi connectivity index (χ2v) is 5.32. The predicted octanol–water partition coefficient (Wildman–Crippen LogP) is 1.88. The summed E-state index contributed by atoms with van der Waals surface area (Å²) < 4.78 is 5.85. The molecule has 18 heavy (non-hydrogen) atoms. The molecule has 0 aliphatic carbocycles. The van der Waals surface area contributed by atoms with Gasteiger partial charge in [-0.3, -0.25) is 4.90 Å². The Morgan fingerprint density at radius 3 is 3.11 bits per heavy atom. The zero-order valence-electron chi connectivity index (χ0n) is 11.1. The average Bonchev–Trinajstić information content (AvgIpc) is 2.77. The lowest BCUT2D eigenvalue weighted by molar-refractivity contribution is 0.147. The van der Waals surface area contributed by atoms with E-state index in [1.54, 1.807) is 0 Å². The van der Waals surface area contributed by atoms with Crippen molar-refractivity contribution in [3.63, 3.8) is 0 Å². The Bertz CT molecular complexity index is 407. The minimum Gasteiger partial charge on any atom is -0.492 e. The normalized spacial score (nSPS) is 28.5. The van der Waals surface area contributed by atoms with Crippen molar-refractivity contribution in [2.75, 3.05) is 26.2 Å². The SMILES string of the molecule is CCC1CNCC1N1CCOc2ccccc2C1. The fourth-order valence-corrected chi connectivity index (χ4v) is 3.19. The minimum atomic E-state index is 0.671. The van der Waals surface area contributed by atoms with Gasteiger partial charge in [-0.25, -0.2) is 0 Å². The van der Waals surface area contributed by atoms with Crippen molar-refractivity contribution in [3.8, 4) is 5.75 Å². The van der Waals surface area contributed by atoms with Crippen LogP contribution in [0.1, 0.15) is 18.9 Å². The largest absolute Gasteiger partial charge is 0.492 e. The smallest absolute Gasteiger partial charge is 0.123 e. The van der Waals surface area contributed by atoms with Gasteiger partial charge >= 0.3 is 0 Å². The van der Waals surface area contributed by atoms with Gasteiger partial charge in [0.2, 0.25) is 0 Å². The van der Waals surface area contributed by atoms with Crippen molar-refractivity contribution >= 4 is 0 Å². The summed E-state index contributed by atoms with van der Waals surface area (Å²) in [4.78, 5) is 2.60.